The molecule has 0 saturated carbocycles. The van der Waals surface area contributed by atoms with E-state index in [0.717, 1.165) is 24.5 Å². The Bertz CT molecular complexity index is 352. The summed E-state index contributed by atoms with van der Waals surface area (Å²) >= 11 is 0. The maximum absolute atomic E-state index is 9.75. The topological polar surface area (TPSA) is 45.6 Å². The van der Waals surface area contributed by atoms with Gasteiger partial charge in [0.2, 0.25) is 0 Å². The maximum Gasteiger partial charge on any atom is 0.0957 e. The highest BCUT2D eigenvalue weighted by molar-refractivity contribution is 5.44. The largest absolute Gasteiger partial charge is 0.387 e. The van der Waals surface area contributed by atoms with Crippen LogP contribution in [0.15, 0.2) is 18.3 Å². The molecule has 1 aromatic rings. The first-order chi connectivity index (χ1) is 9.08. The van der Waals surface area contributed by atoms with Crippen molar-refractivity contribution in [3.05, 3.63) is 24.0 Å². The van der Waals surface area contributed by atoms with Crippen LogP contribution in [0.3, 0.4) is 0 Å². The number of hydrogen-bond donors (Lipinski definition) is 1. The van der Waals surface area contributed by atoms with Crippen LogP contribution < -0.4 is 4.90 Å². The average molecular weight is 266 g/mol. The molecule has 108 valence electrons. The van der Waals surface area contributed by atoms with Crippen LogP contribution in [0.4, 0.5) is 5.69 Å². The van der Waals surface area contributed by atoms with Gasteiger partial charge >= 0.3 is 0 Å². The molecule has 1 N–H and O–H groups in total. The van der Waals surface area contributed by atoms with Crippen LogP contribution in [0.1, 0.15) is 39.0 Å². The Balaban J connectivity index is 2.77. The molecule has 1 aromatic heterocycles. The van der Waals surface area contributed by atoms with Crippen molar-refractivity contribution in [1.29, 1.82) is 0 Å². The van der Waals surface area contributed by atoms with E-state index >= 15 is 0 Å². The minimum atomic E-state index is -0.466. The quantitative estimate of drug-likeness (QED) is 0.785. The smallest absolute Gasteiger partial charge is 0.0957 e. The molecule has 19 heavy (non-hydrogen) atoms. The lowest BCUT2D eigenvalue weighted by atomic mass is 10.1. The molecule has 0 aliphatic heterocycles. The van der Waals surface area contributed by atoms with Crippen LogP contribution in [-0.2, 0) is 4.74 Å². The molecule has 4 nitrogen and oxygen atoms in total. The van der Waals surface area contributed by atoms with Gasteiger partial charge in [0, 0.05) is 20.2 Å². The van der Waals surface area contributed by atoms with Gasteiger partial charge < -0.3 is 14.7 Å². The van der Waals surface area contributed by atoms with Gasteiger partial charge in [-0.3, -0.25) is 4.98 Å². The minimum Gasteiger partial charge on any atom is -0.387 e. The number of pyridine rings is 1. The van der Waals surface area contributed by atoms with Gasteiger partial charge in [0.1, 0.15) is 0 Å². The van der Waals surface area contributed by atoms with Gasteiger partial charge in [-0.05, 0) is 24.5 Å². The van der Waals surface area contributed by atoms with Crippen LogP contribution in [0.5, 0.6) is 0 Å². The second-order valence-electron chi connectivity index (χ2n) is 5.20. The van der Waals surface area contributed by atoms with Gasteiger partial charge in [-0.1, -0.05) is 20.8 Å². The highest BCUT2D eigenvalue weighted by atomic mass is 16.5. The fraction of sp³-hybridized carbons (Fsp3) is 0.667. The Labute approximate surface area is 116 Å². The Morgan fingerprint density at radius 1 is 1.37 bits per heavy atom. The average Bonchev–Trinajstić information content (AvgIpc) is 2.42. The fourth-order valence-electron chi connectivity index (χ4n) is 1.96. The summed E-state index contributed by atoms with van der Waals surface area (Å²) in [4.78, 5) is 6.62. The predicted molar refractivity (Wildman–Crippen MR) is 78.4 cm³/mol. The molecule has 0 amide bonds. The standard InChI is InChI=1S/C15H26N2O2/c1-5-15(18)14-7-6-13(10-16-14)17(8-9-19-4)11-12(2)3/h6-7,10,12,15,18H,5,8-9,11H2,1-4H3/t15-/m0/s1. The third-order valence-electron chi connectivity index (χ3n) is 3.01. The molecule has 0 spiro atoms. The SMILES string of the molecule is CC[C@H](O)c1ccc(N(CCOC)CC(C)C)cn1. The van der Waals surface area contributed by atoms with E-state index in [0.29, 0.717) is 18.9 Å². The second-order valence-corrected chi connectivity index (χ2v) is 5.20. The molecule has 0 aliphatic rings. The summed E-state index contributed by atoms with van der Waals surface area (Å²) in [7, 11) is 1.71. The number of aromatic nitrogens is 1. The van der Waals surface area contributed by atoms with Gasteiger partial charge in [0.05, 0.1) is 30.3 Å². The molecule has 0 aliphatic carbocycles. The number of aliphatic hydroxyl groups is 1. The maximum atomic E-state index is 9.75. The number of aliphatic hydroxyl groups excluding tert-OH is 1. The summed E-state index contributed by atoms with van der Waals surface area (Å²) in [5.74, 6) is 0.581. The van der Waals surface area contributed by atoms with Crippen LogP contribution in [0.2, 0.25) is 0 Å². The Kier molecular flexibility index (Phi) is 6.81. The number of ether oxygens (including phenoxy) is 1. The molecule has 1 atom stereocenters. The third-order valence-corrected chi connectivity index (χ3v) is 3.01. The van der Waals surface area contributed by atoms with Crippen LogP contribution in [0, 0.1) is 5.92 Å². The van der Waals surface area contributed by atoms with Gasteiger partial charge in [0.25, 0.3) is 0 Å². The lowest BCUT2D eigenvalue weighted by molar-refractivity contribution is 0.169. The summed E-state index contributed by atoms with van der Waals surface area (Å²) in [6, 6.07) is 3.93. The molecule has 1 heterocycles. The summed E-state index contributed by atoms with van der Waals surface area (Å²) in [5.41, 5.74) is 1.82. The van der Waals surface area contributed by atoms with Gasteiger partial charge in [-0.15, -0.1) is 0 Å². The van der Waals surface area contributed by atoms with Crippen molar-refractivity contribution in [2.75, 3.05) is 31.7 Å². The van der Waals surface area contributed by atoms with E-state index < -0.39 is 6.10 Å². The Morgan fingerprint density at radius 3 is 2.58 bits per heavy atom. The van der Waals surface area contributed by atoms with E-state index in [4.69, 9.17) is 4.74 Å². The van der Waals surface area contributed by atoms with Gasteiger partial charge in [-0.2, -0.15) is 0 Å². The molecular formula is C15H26N2O2. The van der Waals surface area contributed by atoms with Crippen molar-refractivity contribution in [2.24, 2.45) is 5.92 Å². The van der Waals surface area contributed by atoms with Crippen molar-refractivity contribution in [3.8, 4) is 0 Å². The van der Waals surface area contributed by atoms with Gasteiger partial charge in [-0.25, -0.2) is 0 Å². The van der Waals surface area contributed by atoms with E-state index in [1.807, 2.05) is 25.3 Å². The third kappa shape index (κ3) is 5.17. The summed E-state index contributed by atoms with van der Waals surface area (Å²) in [6.45, 7) is 8.87. The first-order valence-corrected chi connectivity index (χ1v) is 6.96. The van der Waals surface area contributed by atoms with E-state index in [9.17, 15) is 5.11 Å². The van der Waals surface area contributed by atoms with Crippen molar-refractivity contribution in [1.82, 2.24) is 4.98 Å². The highest BCUT2D eigenvalue weighted by Crippen LogP contribution is 2.19. The predicted octanol–water partition coefficient (Wildman–Crippen LogP) is 2.63. The van der Waals surface area contributed by atoms with E-state index in [2.05, 4.69) is 23.7 Å². The number of rotatable bonds is 8. The number of methoxy groups -OCH3 is 1. The van der Waals surface area contributed by atoms with Gasteiger partial charge in [0.15, 0.2) is 0 Å². The lowest BCUT2D eigenvalue weighted by Crippen LogP contribution is -2.31. The Morgan fingerprint density at radius 2 is 2.11 bits per heavy atom. The first kappa shape index (κ1) is 15.9. The molecule has 0 fully saturated rings. The fourth-order valence-corrected chi connectivity index (χ4v) is 1.96. The lowest BCUT2D eigenvalue weighted by Gasteiger charge is -2.26. The molecule has 0 aromatic carbocycles. The van der Waals surface area contributed by atoms with E-state index in [-0.39, 0.29) is 0 Å². The number of nitrogens with zero attached hydrogens (tertiary/aromatic N) is 2. The molecular weight excluding hydrogens is 240 g/mol. The van der Waals surface area contributed by atoms with E-state index in [1.54, 1.807) is 7.11 Å². The molecule has 0 bridgehead atoms. The summed E-state index contributed by atoms with van der Waals surface area (Å²) in [5, 5.41) is 9.75. The van der Waals surface area contributed by atoms with Crippen LogP contribution >= 0.6 is 0 Å². The molecule has 0 unspecified atom stereocenters. The summed E-state index contributed by atoms with van der Waals surface area (Å²) < 4.78 is 5.15. The molecule has 0 radical (unpaired) electrons. The zero-order valence-electron chi connectivity index (χ0n) is 12.5. The van der Waals surface area contributed by atoms with Crippen molar-refractivity contribution in [3.63, 3.8) is 0 Å². The van der Waals surface area contributed by atoms with Crippen LogP contribution in [0.25, 0.3) is 0 Å². The number of anilines is 1. The normalized spacial score (nSPS) is 12.7. The molecule has 1 rings (SSSR count). The van der Waals surface area contributed by atoms with Crippen molar-refractivity contribution in [2.45, 2.75) is 33.3 Å². The molecule has 0 saturated heterocycles. The minimum absolute atomic E-state index is 0.466. The summed E-state index contributed by atoms with van der Waals surface area (Å²) in [6.07, 6.45) is 2.06. The van der Waals surface area contributed by atoms with Crippen LogP contribution in [-0.4, -0.2) is 36.9 Å². The zero-order chi connectivity index (χ0) is 14.3. The second kappa shape index (κ2) is 8.12. The monoisotopic (exact) mass is 266 g/mol. The first-order valence-electron chi connectivity index (χ1n) is 6.96. The highest BCUT2D eigenvalue weighted by Gasteiger charge is 2.11. The van der Waals surface area contributed by atoms with Crippen molar-refractivity contribution < 1.29 is 9.84 Å². The zero-order valence-corrected chi connectivity index (χ0v) is 12.5. The van der Waals surface area contributed by atoms with Crippen molar-refractivity contribution >= 4 is 5.69 Å². The Hall–Kier alpha value is -1.13. The molecule has 4 heteroatoms. The van der Waals surface area contributed by atoms with E-state index in [1.165, 1.54) is 0 Å². The number of hydrogen-bond acceptors (Lipinski definition) is 4.